The van der Waals surface area contributed by atoms with Crippen molar-refractivity contribution in [1.82, 2.24) is 19.4 Å². The average Bonchev–Trinajstić information content (AvgIpc) is 3.26. The molecule has 4 rings (SSSR count). The molecule has 3 aliphatic heterocycles. The van der Waals surface area contributed by atoms with Crippen LogP contribution >= 0.6 is 0 Å². The van der Waals surface area contributed by atoms with E-state index in [1.807, 2.05) is 23.6 Å². The minimum Gasteiger partial charge on any atom is -0.493 e. The van der Waals surface area contributed by atoms with Crippen LogP contribution in [0.25, 0.3) is 0 Å². The minimum atomic E-state index is -3.76. The van der Waals surface area contributed by atoms with Gasteiger partial charge in [-0.15, -0.1) is 0 Å². The Balaban J connectivity index is 1.69. The van der Waals surface area contributed by atoms with Gasteiger partial charge >= 0.3 is 0 Å². The Hall–Kier alpha value is -2.47. The number of rotatable bonds is 11. The number of hydrogen-bond donors (Lipinski definition) is 2. The van der Waals surface area contributed by atoms with Gasteiger partial charge < -0.3 is 20.1 Å². The number of nitrogens with one attached hydrogen (secondary N) is 1. The molecular weight excluding hydrogens is 494 g/mol. The van der Waals surface area contributed by atoms with Crippen LogP contribution in [0.2, 0.25) is 0 Å². The van der Waals surface area contributed by atoms with Crippen LogP contribution in [0.15, 0.2) is 39.9 Å². The van der Waals surface area contributed by atoms with Gasteiger partial charge in [0.25, 0.3) is 5.91 Å². The number of carbonyl (C=O) groups excluding carboxylic acids is 1. The van der Waals surface area contributed by atoms with Crippen molar-refractivity contribution >= 4 is 21.8 Å². The summed E-state index contributed by atoms with van der Waals surface area (Å²) in [5.41, 5.74) is 1.59. The number of aliphatic hydroxyl groups is 1. The Morgan fingerprint density at radius 1 is 1.14 bits per heavy atom. The zero-order chi connectivity index (χ0) is 26.6. The predicted molar refractivity (Wildman–Crippen MR) is 142 cm³/mol. The van der Waals surface area contributed by atoms with Crippen LogP contribution in [0, 0.1) is 0 Å². The van der Waals surface area contributed by atoms with E-state index in [-0.39, 0.29) is 23.5 Å². The van der Waals surface area contributed by atoms with Crippen molar-refractivity contribution in [1.29, 1.82) is 0 Å². The molecule has 1 aromatic carbocycles. The number of amides is 1. The molecule has 1 amide bonds. The number of fused-ring (bicyclic) bond motifs is 1. The highest BCUT2D eigenvalue weighted by Gasteiger charge is 2.43. The molecule has 37 heavy (non-hydrogen) atoms. The highest BCUT2D eigenvalue weighted by molar-refractivity contribution is 7.89. The van der Waals surface area contributed by atoms with Crippen molar-refractivity contribution in [3.05, 3.63) is 35.5 Å². The smallest absolute Gasteiger partial charge is 0.250 e. The molecule has 2 unspecified atom stereocenters. The Labute approximate surface area is 220 Å². The van der Waals surface area contributed by atoms with Crippen LogP contribution < -0.4 is 10.1 Å². The summed E-state index contributed by atoms with van der Waals surface area (Å²) in [4.78, 5) is 22.4. The zero-order valence-electron chi connectivity index (χ0n) is 22.0. The number of aliphatic hydroxyl groups excluding tert-OH is 1. The monoisotopic (exact) mass is 533 g/mol. The van der Waals surface area contributed by atoms with Crippen molar-refractivity contribution in [3.63, 3.8) is 0 Å². The number of sulfonamides is 1. The van der Waals surface area contributed by atoms with Crippen LogP contribution in [-0.2, 0) is 14.8 Å². The van der Waals surface area contributed by atoms with Crippen LogP contribution in [0.1, 0.15) is 45.6 Å². The summed E-state index contributed by atoms with van der Waals surface area (Å²) in [5.74, 6) is 0.702. The van der Waals surface area contributed by atoms with Gasteiger partial charge in [0.2, 0.25) is 10.0 Å². The molecule has 0 radical (unpaired) electrons. The quantitative estimate of drug-likeness (QED) is 0.442. The number of carbonyl (C=O) groups is 1. The van der Waals surface area contributed by atoms with Crippen molar-refractivity contribution in [2.24, 2.45) is 4.99 Å². The first-order chi connectivity index (χ1) is 17.8. The van der Waals surface area contributed by atoms with E-state index in [1.54, 1.807) is 18.2 Å². The number of hydrogen-bond acceptors (Lipinski definition) is 8. The molecule has 0 saturated carbocycles. The molecule has 3 aliphatic rings. The van der Waals surface area contributed by atoms with Crippen molar-refractivity contribution < 1.29 is 23.1 Å². The molecule has 1 saturated heterocycles. The largest absolute Gasteiger partial charge is 0.493 e. The maximum Gasteiger partial charge on any atom is 0.250 e. The van der Waals surface area contributed by atoms with Crippen molar-refractivity contribution in [2.45, 2.75) is 57.0 Å². The maximum absolute atomic E-state index is 13.6. The minimum absolute atomic E-state index is 0.0518. The third-order valence-electron chi connectivity index (χ3n) is 7.10. The predicted octanol–water partition coefficient (Wildman–Crippen LogP) is 1.41. The second kappa shape index (κ2) is 11.9. The fraction of sp³-hybridized carbons (Fsp3) is 0.615. The van der Waals surface area contributed by atoms with Gasteiger partial charge in [0.1, 0.15) is 23.7 Å². The molecule has 0 aliphatic carbocycles. The van der Waals surface area contributed by atoms with Crippen molar-refractivity contribution in [3.8, 4) is 5.75 Å². The Morgan fingerprint density at radius 3 is 2.54 bits per heavy atom. The number of piperazine rings is 1. The van der Waals surface area contributed by atoms with Crippen LogP contribution in [-0.4, -0.2) is 104 Å². The average molecular weight is 534 g/mol. The van der Waals surface area contributed by atoms with Gasteiger partial charge in [0.15, 0.2) is 0 Å². The molecule has 0 aromatic heterocycles. The number of aliphatic imine (C=N–C) groups is 1. The van der Waals surface area contributed by atoms with Gasteiger partial charge in [-0.05, 0) is 43.5 Å². The summed E-state index contributed by atoms with van der Waals surface area (Å²) in [6.07, 6.45) is 4.63. The molecule has 2 atom stereocenters. The maximum atomic E-state index is 13.6. The summed E-state index contributed by atoms with van der Waals surface area (Å²) < 4.78 is 34.5. The van der Waals surface area contributed by atoms with E-state index in [4.69, 9.17) is 9.73 Å². The number of benzene rings is 1. The number of ether oxygens (including phenoxy) is 1. The first-order valence-electron chi connectivity index (χ1n) is 13.3. The van der Waals surface area contributed by atoms with Gasteiger partial charge in [0.05, 0.1) is 23.7 Å². The Morgan fingerprint density at radius 2 is 1.89 bits per heavy atom. The highest BCUT2D eigenvalue weighted by atomic mass is 32.2. The molecule has 1 aromatic rings. The molecule has 3 heterocycles. The van der Waals surface area contributed by atoms with E-state index in [2.05, 4.69) is 18.4 Å². The summed E-state index contributed by atoms with van der Waals surface area (Å²) in [7, 11) is -3.76. The second-order valence-corrected chi connectivity index (χ2v) is 11.6. The summed E-state index contributed by atoms with van der Waals surface area (Å²) >= 11 is 0. The van der Waals surface area contributed by atoms with E-state index in [1.165, 1.54) is 4.31 Å². The molecule has 0 spiro atoms. The lowest BCUT2D eigenvalue weighted by molar-refractivity contribution is -0.124. The molecule has 2 N–H and O–H groups in total. The van der Waals surface area contributed by atoms with Gasteiger partial charge in [-0.3, -0.25) is 14.7 Å². The SMILES string of the molecule is CCCOc1ccc(S(=O)(=O)N2CCN(CCO)CC2)cc1C1=NC2C(CCC)=CN(CC)C2C(=O)N1. The van der Waals surface area contributed by atoms with E-state index >= 15 is 0 Å². The summed E-state index contributed by atoms with van der Waals surface area (Å²) in [5, 5.41) is 12.1. The van der Waals surface area contributed by atoms with E-state index < -0.39 is 16.1 Å². The third kappa shape index (κ3) is 5.69. The molecular formula is C26H39N5O5S. The topological polar surface area (TPSA) is 115 Å². The molecule has 204 valence electrons. The molecule has 10 nitrogen and oxygen atoms in total. The first-order valence-corrected chi connectivity index (χ1v) is 14.7. The number of nitrogens with zero attached hydrogens (tertiary/aromatic N) is 4. The number of likely N-dealkylation sites (N-methyl/N-ethyl adjacent to an activating group) is 1. The fourth-order valence-corrected chi connectivity index (χ4v) is 6.61. The molecule has 1 fully saturated rings. The highest BCUT2D eigenvalue weighted by Crippen LogP contribution is 2.33. The zero-order valence-corrected chi connectivity index (χ0v) is 22.8. The van der Waals surface area contributed by atoms with Gasteiger partial charge in [0, 0.05) is 45.5 Å². The van der Waals surface area contributed by atoms with Crippen molar-refractivity contribution in [2.75, 3.05) is 52.5 Å². The number of β-amino-alcohol motifs (C(OH)–C–C–N with tert-alkyl or cyclic N) is 1. The van der Waals surface area contributed by atoms with Crippen LogP contribution in [0.5, 0.6) is 5.75 Å². The van der Waals surface area contributed by atoms with E-state index in [0.29, 0.717) is 63.0 Å². The summed E-state index contributed by atoms with van der Waals surface area (Å²) in [6.45, 7) is 9.71. The van der Waals surface area contributed by atoms with Gasteiger partial charge in [-0.1, -0.05) is 20.3 Å². The lowest BCUT2D eigenvalue weighted by atomic mass is 9.97. The van der Waals surface area contributed by atoms with Crippen LogP contribution in [0.3, 0.4) is 0 Å². The second-order valence-electron chi connectivity index (χ2n) is 9.62. The lowest BCUT2D eigenvalue weighted by Gasteiger charge is -2.34. The third-order valence-corrected chi connectivity index (χ3v) is 9.00. The summed E-state index contributed by atoms with van der Waals surface area (Å²) in [6, 6.07) is 4.11. The first kappa shape index (κ1) is 27.6. The normalized spacial score (nSPS) is 22.9. The standard InChI is InChI=1S/C26H39N5O5S/c1-4-7-19-18-30(6-3)24-23(19)27-25(28-26(24)33)21-17-20(8-9-22(21)36-16-5-2)37(34,35)31-12-10-29(11-13-31)14-15-32/h8-9,17-18,23-24,32H,4-7,10-16H2,1-3H3,(H,27,28,33). The van der Waals surface area contributed by atoms with Gasteiger partial charge in [-0.2, -0.15) is 4.31 Å². The van der Waals surface area contributed by atoms with E-state index in [9.17, 15) is 18.3 Å². The Bertz CT molecular complexity index is 1140. The lowest BCUT2D eigenvalue weighted by Crippen LogP contribution is -2.54. The molecule has 11 heteroatoms. The number of amidine groups is 1. The molecule has 0 bridgehead atoms. The van der Waals surface area contributed by atoms with Crippen LogP contribution in [0.4, 0.5) is 0 Å². The van der Waals surface area contributed by atoms with Gasteiger partial charge in [-0.25, -0.2) is 8.42 Å². The Kier molecular flexibility index (Phi) is 8.89. The fourth-order valence-electron chi connectivity index (χ4n) is 5.17. The van der Waals surface area contributed by atoms with E-state index in [0.717, 1.165) is 24.8 Å².